The van der Waals surface area contributed by atoms with Crippen molar-refractivity contribution in [3.8, 4) is 0 Å². The highest BCUT2D eigenvalue weighted by atomic mass is 79.9. The van der Waals surface area contributed by atoms with Crippen molar-refractivity contribution in [3.05, 3.63) is 44.2 Å². The van der Waals surface area contributed by atoms with E-state index in [-0.39, 0.29) is 11.1 Å². The van der Waals surface area contributed by atoms with E-state index in [4.69, 9.17) is 11.6 Å². The summed E-state index contributed by atoms with van der Waals surface area (Å²) in [5.74, 6) is 0.387. The van der Waals surface area contributed by atoms with Gasteiger partial charge in [-0.1, -0.05) is 0 Å². The summed E-state index contributed by atoms with van der Waals surface area (Å²) in [6.45, 7) is 0.486. The van der Waals surface area contributed by atoms with E-state index in [1.807, 2.05) is 6.07 Å². The molecule has 0 radical (unpaired) electrons. The molecule has 0 unspecified atom stereocenters. The third-order valence-electron chi connectivity index (χ3n) is 2.46. The van der Waals surface area contributed by atoms with Gasteiger partial charge in [-0.25, -0.2) is 8.91 Å². The van der Waals surface area contributed by atoms with Crippen LogP contribution < -0.4 is 5.32 Å². The Bertz CT molecular complexity index is 741. The van der Waals surface area contributed by atoms with E-state index in [1.165, 1.54) is 22.8 Å². The van der Waals surface area contributed by atoms with E-state index >= 15 is 0 Å². The van der Waals surface area contributed by atoms with E-state index < -0.39 is 0 Å². The summed E-state index contributed by atoms with van der Waals surface area (Å²) < 4.78 is 15.4. The number of aromatic nitrogens is 3. The number of hydrogen-bond acceptors (Lipinski definition) is 4. The third-order valence-corrected chi connectivity index (χ3v) is 3.96. The third kappa shape index (κ3) is 2.72. The molecule has 0 saturated carbocycles. The normalized spacial score (nSPS) is 11.1. The van der Waals surface area contributed by atoms with Gasteiger partial charge in [0.2, 0.25) is 5.28 Å². The van der Waals surface area contributed by atoms with Crippen molar-refractivity contribution in [1.82, 2.24) is 14.6 Å². The van der Waals surface area contributed by atoms with Crippen molar-refractivity contribution in [3.63, 3.8) is 0 Å². The molecule has 3 aromatic rings. The fraction of sp³-hybridized carbons (Fsp3) is 0.0909. The second-order valence-corrected chi connectivity index (χ2v) is 6.05. The first-order chi connectivity index (χ1) is 9.11. The van der Waals surface area contributed by atoms with Gasteiger partial charge < -0.3 is 5.32 Å². The van der Waals surface area contributed by atoms with Gasteiger partial charge in [-0.05, 0) is 39.7 Å². The van der Waals surface area contributed by atoms with Gasteiger partial charge in [0.25, 0.3) is 0 Å². The summed E-state index contributed by atoms with van der Waals surface area (Å²) in [5.41, 5.74) is 0.799. The predicted molar refractivity (Wildman–Crippen MR) is 77.3 cm³/mol. The smallest absolute Gasteiger partial charge is 0.243 e. The quantitative estimate of drug-likeness (QED) is 0.768. The zero-order chi connectivity index (χ0) is 13.4. The standard InChI is InChI=1S/C11H7BrClFN4S/c12-6-1-9-10(16-11(13)17-18(9)4-6)15-3-8-2-7(14)5-19-8/h1-2,4-5H,3H2,(H,15,16,17). The number of halogens is 3. The van der Waals surface area contributed by atoms with Crippen molar-refractivity contribution in [2.45, 2.75) is 6.54 Å². The van der Waals surface area contributed by atoms with Crippen molar-refractivity contribution in [2.75, 3.05) is 5.32 Å². The fourth-order valence-electron chi connectivity index (χ4n) is 1.69. The van der Waals surface area contributed by atoms with Crippen LogP contribution in [0.4, 0.5) is 10.2 Å². The summed E-state index contributed by atoms with van der Waals surface area (Å²) in [7, 11) is 0. The number of rotatable bonds is 3. The molecular weight excluding hydrogens is 355 g/mol. The summed E-state index contributed by atoms with van der Waals surface area (Å²) in [5, 5.41) is 8.81. The first kappa shape index (κ1) is 12.8. The number of thiophene rings is 1. The highest BCUT2D eigenvalue weighted by molar-refractivity contribution is 9.10. The first-order valence-electron chi connectivity index (χ1n) is 5.30. The van der Waals surface area contributed by atoms with E-state index in [2.05, 4.69) is 31.3 Å². The molecule has 98 valence electrons. The molecule has 3 aromatic heterocycles. The average molecular weight is 362 g/mol. The van der Waals surface area contributed by atoms with Crippen molar-refractivity contribution < 1.29 is 4.39 Å². The Hall–Kier alpha value is -1.18. The molecule has 0 bridgehead atoms. The molecule has 0 atom stereocenters. The molecular formula is C11H7BrClFN4S. The highest BCUT2D eigenvalue weighted by Crippen LogP contribution is 2.23. The molecule has 0 spiro atoms. The molecule has 19 heavy (non-hydrogen) atoms. The molecule has 0 saturated heterocycles. The number of nitrogens with zero attached hydrogens (tertiary/aromatic N) is 3. The summed E-state index contributed by atoms with van der Waals surface area (Å²) in [6.07, 6.45) is 1.79. The minimum Gasteiger partial charge on any atom is -0.363 e. The molecule has 1 N–H and O–H groups in total. The molecule has 0 aromatic carbocycles. The highest BCUT2D eigenvalue weighted by Gasteiger charge is 2.09. The van der Waals surface area contributed by atoms with Crippen molar-refractivity contribution in [1.29, 1.82) is 0 Å². The van der Waals surface area contributed by atoms with Gasteiger partial charge >= 0.3 is 0 Å². The van der Waals surface area contributed by atoms with Gasteiger partial charge in [0, 0.05) is 20.9 Å². The van der Waals surface area contributed by atoms with Crippen LogP contribution in [0.25, 0.3) is 5.52 Å². The molecule has 0 amide bonds. The zero-order valence-electron chi connectivity index (χ0n) is 9.40. The molecule has 0 aliphatic carbocycles. The van der Waals surface area contributed by atoms with E-state index in [9.17, 15) is 4.39 Å². The molecule has 3 heterocycles. The second kappa shape index (κ2) is 5.07. The summed E-state index contributed by atoms with van der Waals surface area (Å²) >= 11 is 10.6. The number of nitrogens with one attached hydrogen (secondary N) is 1. The van der Waals surface area contributed by atoms with Crippen molar-refractivity contribution >= 4 is 50.2 Å². The molecule has 8 heteroatoms. The van der Waals surface area contributed by atoms with Crippen LogP contribution in [0.2, 0.25) is 5.28 Å². The Kier molecular flexibility index (Phi) is 3.42. The lowest BCUT2D eigenvalue weighted by molar-refractivity contribution is 0.632. The Labute approximate surface area is 125 Å². The largest absolute Gasteiger partial charge is 0.363 e. The average Bonchev–Trinajstić information content (AvgIpc) is 2.91. The second-order valence-electron chi connectivity index (χ2n) is 3.80. The predicted octanol–water partition coefficient (Wildman–Crippen LogP) is 3.96. The summed E-state index contributed by atoms with van der Waals surface area (Å²) in [6, 6.07) is 3.37. The van der Waals surface area contributed by atoms with Crippen LogP contribution in [0.15, 0.2) is 28.2 Å². The van der Waals surface area contributed by atoms with Crippen LogP contribution in [-0.2, 0) is 6.54 Å². The van der Waals surface area contributed by atoms with Gasteiger partial charge in [-0.2, -0.15) is 4.98 Å². The Morgan fingerprint density at radius 2 is 2.32 bits per heavy atom. The van der Waals surface area contributed by atoms with Gasteiger partial charge in [0.1, 0.15) is 11.3 Å². The minimum atomic E-state index is -0.224. The van der Waals surface area contributed by atoms with E-state index in [1.54, 1.807) is 10.7 Å². The SMILES string of the molecule is Fc1csc(CNc2nc(Cl)nn3cc(Br)cc23)c1. The van der Waals surface area contributed by atoms with Gasteiger partial charge in [-0.15, -0.1) is 16.4 Å². The molecule has 0 aliphatic rings. The molecule has 0 fully saturated rings. The molecule has 0 aliphatic heterocycles. The Balaban J connectivity index is 1.91. The Morgan fingerprint density at radius 1 is 1.47 bits per heavy atom. The molecule has 3 rings (SSSR count). The number of anilines is 1. The maximum absolute atomic E-state index is 12.9. The minimum absolute atomic E-state index is 0.149. The van der Waals surface area contributed by atoms with Crippen LogP contribution in [0, 0.1) is 5.82 Å². The summed E-state index contributed by atoms with van der Waals surface area (Å²) in [4.78, 5) is 5.03. The fourth-order valence-corrected chi connectivity index (χ4v) is 2.93. The number of hydrogen-bond donors (Lipinski definition) is 1. The monoisotopic (exact) mass is 360 g/mol. The molecule has 4 nitrogen and oxygen atoms in total. The topological polar surface area (TPSA) is 42.2 Å². The zero-order valence-corrected chi connectivity index (χ0v) is 12.6. The van der Waals surface area contributed by atoms with Crippen LogP contribution in [0.5, 0.6) is 0 Å². The maximum Gasteiger partial charge on any atom is 0.243 e. The van der Waals surface area contributed by atoms with Gasteiger partial charge in [-0.3, -0.25) is 0 Å². The first-order valence-corrected chi connectivity index (χ1v) is 7.35. The van der Waals surface area contributed by atoms with E-state index in [0.29, 0.717) is 12.4 Å². The maximum atomic E-state index is 12.9. The lowest BCUT2D eigenvalue weighted by Gasteiger charge is -2.06. The van der Waals surface area contributed by atoms with Crippen molar-refractivity contribution in [2.24, 2.45) is 0 Å². The van der Waals surface area contributed by atoms with E-state index in [0.717, 1.165) is 14.9 Å². The lowest BCUT2D eigenvalue weighted by Crippen LogP contribution is -2.04. The lowest BCUT2D eigenvalue weighted by atomic mass is 10.4. The van der Waals surface area contributed by atoms with Gasteiger partial charge in [0.15, 0.2) is 5.82 Å². The van der Waals surface area contributed by atoms with Crippen LogP contribution in [0.3, 0.4) is 0 Å². The number of fused-ring (bicyclic) bond motifs is 1. The van der Waals surface area contributed by atoms with Crippen LogP contribution in [-0.4, -0.2) is 14.6 Å². The van der Waals surface area contributed by atoms with Crippen LogP contribution in [0.1, 0.15) is 4.88 Å². The Morgan fingerprint density at radius 3 is 3.05 bits per heavy atom. The van der Waals surface area contributed by atoms with Crippen LogP contribution >= 0.6 is 38.9 Å². The van der Waals surface area contributed by atoms with Gasteiger partial charge in [0.05, 0.1) is 6.54 Å².